The lowest BCUT2D eigenvalue weighted by molar-refractivity contribution is 0.0595. The summed E-state index contributed by atoms with van der Waals surface area (Å²) in [6, 6.07) is 10.5. The molecule has 0 aliphatic heterocycles. The van der Waals surface area contributed by atoms with Crippen LogP contribution in [0.15, 0.2) is 53.6 Å². The molecule has 0 atom stereocenters. The van der Waals surface area contributed by atoms with Crippen LogP contribution in [0, 0.1) is 6.92 Å². The van der Waals surface area contributed by atoms with Crippen molar-refractivity contribution >= 4 is 33.3 Å². The number of carbonyl (C=O) groups excluding carboxylic acids is 2. The molecular weight excluding hydrogens is 424 g/mol. The number of hydrogen-bond donors (Lipinski definition) is 3. The highest BCUT2D eigenvalue weighted by atomic mass is 32.2. The number of ether oxygens (including phenoxy) is 2. The van der Waals surface area contributed by atoms with Crippen LogP contribution in [0.1, 0.15) is 26.4 Å². The van der Waals surface area contributed by atoms with Gasteiger partial charge in [0.1, 0.15) is 5.75 Å². The van der Waals surface area contributed by atoms with Gasteiger partial charge < -0.3 is 14.8 Å². The second-order valence-electron chi connectivity index (χ2n) is 6.42. The standard InChI is InChI=1S/C20H20N4O6S/c1-12-4-9-15(31(27,28)24-13-5-7-14(29-2)8-6-13)10-16(12)19(25)22-17-11-21-23-18(17)20(26)30-3/h4-11,24H,1-3H3,(H,21,23)(H,22,25). The minimum absolute atomic E-state index is 0.0292. The van der Waals surface area contributed by atoms with Crippen LogP contribution >= 0.6 is 0 Å². The summed E-state index contributed by atoms with van der Waals surface area (Å²) in [6.45, 7) is 1.67. The maximum atomic E-state index is 12.8. The van der Waals surface area contributed by atoms with Gasteiger partial charge in [-0.25, -0.2) is 13.2 Å². The van der Waals surface area contributed by atoms with Crippen LogP contribution in [0.25, 0.3) is 0 Å². The summed E-state index contributed by atoms with van der Waals surface area (Å²) in [5.74, 6) is -0.724. The zero-order chi connectivity index (χ0) is 22.6. The molecule has 2 aromatic carbocycles. The summed E-state index contributed by atoms with van der Waals surface area (Å²) in [4.78, 5) is 24.4. The number of benzene rings is 2. The molecule has 0 saturated heterocycles. The first-order valence-corrected chi connectivity index (χ1v) is 10.4. The number of nitrogens with zero attached hydrogens (tertiary/aromatic N) is 1. The Morgan fingerprint density at radius 3 is 2.42 bits per heavy atom. The van der Waals surface area contributed by atoms with Crippen LogP contribution < -0.4 is 14.8 Å². The molecule has 0 radical (unpaired) electrons. The van der Waals surface area contributed by atoms with Crippen LogP contribution in [-0.4, -0.2) is 44.7 Å². The van der Waals surface area contributed by atoms with Gasteiger partial charge in [0, 0.05) is 11.3 Å². The highest BCUT2D eigenvalue weighted by molar-refractivity contribution is 7.92. The molecule has 31 heavy (non-hydrogen) atoms. The molecule has 11 heteroatoms. The van der Waals surface area contributed by atoms with Crippen molar-refractivity contribution in [2.24, 2.45) is 0 Å². The van der Waals surface area contributed by atoms with Crippen LogP contribution in [0.3, 0.4) is 0 Å². The lowest BCUT2D eigenvalue weighted by Gasteiger charge is -2.12. The summed E-state index contributed by atoms with van der Waals surface area (Å²) in [6.07, 6.45) is 1.26. The van der Waals surface area contributed by atoms with Gasteiger partial charge in [0.15, 0.2) is 5.69 Å². The highest BCUT2D eigenvalue weighted by Gasteiger charge is 2.21. The Hall–Kier alpha value is -3.86. The molecule has 0 aliphatic carbocycles. The number of esters is 1. The topological polar surface area (TPSA) is 139 Å². The molecule has 162 valence electrons. The van der Waals surface area contributed by atoms with Gasteiger partial charge in [-0.2, -0.15) is 5.10 Å². The average Bonchev–Trinajstić information content (AvgIpc) is 3.21. The lowest BCUT2D eigenvalue weighted by Crippen LogP contribution is -2.18. The number of methoxy groups -OCH3 is 2. The molecule has 0 spiro atoms. The molecular formula is C20H20N4O6S. The fraction of sp³-hybridized carbons (Fsp3) is 0.150. The van der Waals surface area contributed by atoms with Crippen molar-refractivity contribution in [3.63, 3.8) is 0 Å². The fourth-order valence-corrected chi connectivity index (χ4v) is 3.80. The number of H-pyrrole nitrogens is 1. The van der Waals surface area contributed by atoms with Crippen LogP contribution in [0.5, 0.6) is 5.75 Å². The molecule has 3 aromatic rings. The molecule has 1 heterocycles. The Morgan fingerprint density at radius 1 is 1.06 bits per heavy atom. The minimum Gasteiger partial charge on any atom is -0.497 e. The minimum atomic E-state index is -3.96. The van der Waals surface area contributed by atoms with E-state index in [9.17, 15) is 18.0 Å². The largest absolute Gasteiger partial charge is 0.497 e. The van der Waals surface area contributed by atoms with E-state index in [0.29, 0.717) is 17.0 Å². The highest BCUT2D eigenvalue weighted by Crippen LogP contribution is 2.22. The normalized spacial score (nSPS) is 10.9. The maximum absolute atomic E-state index is 12.8. The summed E-state index contributed by atoms with van der Waals surface area (Å²) < 4.78 is 37.7. The Bertz CT molecular complexity index is 1220. The summed E-state index contributed by atoms with van der Waals surface area (Å²) in [5.41, 5.74) is 1.09. The second kappa shape index (κ2) is 8.88. The fourth-order valence-electron chi connectivity index (χ4n) is 2.71. The van der Waals surface area contributed by atoms with E-state index in [0.717, 1.165) is 0 Å². The van der Waals surface area contributed by atoms with Crippen LogP contribution in [0.2, 0.25) is 0 Å². The van der Waals surface area contributed by atoms with E-state index in [1.165, 1.54) is 38.6 Å². The lowest BCUT2D eigenvalue weighted by atomic mass is 10.1. The third kappa shape index (κ3) is 4.83. The molecule has 0 saturated carbocycles. The van der Waals surface area contributed by atoms with Gasteiger partial charge >= 0.3 is 5.97 Å². The van der Waals surface area contributed by atoms with Crippen molar-refractivity contribution in [3.05, 3.63) is 65.5 Å². The predicted octanol–water partition coefficient (Wildman–Crippen LogP) is 2.57. The van der Waals surface area contributed by atoms with Crippen molar-refractivity contribution in [1.82, 2.24) is 10.2 Å². The number of aromatic nitrogens is 2. The van der Waals surface area contributed by atoms with Gasteiger partial charge in [0.05, 0.1) is 31.0 Å². The first kappa shape index (κ1) is 21.8. The van der Waals surface area contributed by atoms with E-state index < -0.39 is 21.9 Å². The summed E-state index contributed by atoms with van der Waals surface area (Å²) in [5, 5.41) is 8.71. The maximum Gasteiger partial charge on any atom is 0.358 e. The number of aryl methyl sites for hydroxylation is 1. The zero-order valence-corrected chi connectivity index (χ0v) is 17.7. The van der Waals surface area contributed by atoms with Gasteiger partial charge in [-0.1, -0.05) is 6.07 Å². The van der Waals surface area contributed by atoms with Gasteiger partial charge in [0.2, 0.25) is 0 Å². The third-order valence-electron chi connectivity index (χ3n) is 4.38. The molecule has 10 nitrogen and oxygen atoms in total. The first-order chi connectivity index (χ1) is 14.7. The Kier molecular flexibility index (Phi) is 6.25. The molecule has 0 unspecified atom stereocenters. The Labute approximate surface area is 178 Å². The molecule has 3 N–H and O–H groups in total. The van der Waals surface area contributed by atoms with Gasteiger partial charge in [-0.05, 0) is 48.9 Å². The number of rotatable bonds is 7. The average molecular weight is 444 g/mol. The molecule has 0 bridgehead atoms. The Morgan fingerprint density at radius 2 is 1.77 bits per heavy atom. The Balaban J connectivity index is 1.86. The van der Waals surface area contributed by atoms with E-state index in [-0.39, 0.29) is 21.8 Å². The third-order valence-corrected chi connectivity index (χ3v) is 5.76. The smallest absolute Gasteiger partial charge is 0.358 e. The van der Waals surface area contributed by atoms with Gasteiger partial charge in [-0.3, -0.25) is 14.6 Å². The van der Waals surface area contributed by atoms with Crippen molar-refractivity contribution in [2.75, 3.05) is 24.3 Å². The zero-order valence-electron chi connectivity index (χ0n) is 16.9. The number of hydrogen-bond acceptors (Lipinski definition) is 7. The van der Waals surface area contributed by atoms with Crippen molar-refractivity contribution in [2.45, 2.75) is 11.8 Å². The second-order valence-corrected chi connectivity index (χ2v) is 8.10. The van der Waals surface area contributed by atoms with E-state index >= 15 is 0 Å². The number of anilines is 2. The number of aromatic amines is 1. The molecule has 1 amide bonds. The van der Waals surface area contributed by atoms with Crippen LogP contribution in [0.4, 0.5) is 11.4 Å². The number of carbonyl (C=O) groups is 2. The van der Waals surface area contributed by atoms with Crippen molar-refractivity contribution in [1.29, 1.82) is 0 Å². The monoisotopic (exact) mass is 444 g/mol. The summed E-state index contributed by atoms with van der Waals surface area (Å²) in [7, 11) is -1.25. The molecule has 3 rings (SSSR count). The van der Waals surface area contributed by atoms with E-state index in [1.807, 2.05) is 0 Å². The number of nitrogens with one attached hydrogen (secondary N) is 3. The van der Waals surface area contributed by atoms with Crippen LogP contribution in [-0.2, 0) is 14.8 Å². The number of amides is 1. The van der Waals surface area contributed by atoms with Gasteiger partial charge in [0.25, 0.3) is 15.9 Å². The van der Waals surface area contributed by atoms with Gasteiger partial charge in [-0.15, -0.1) is 0 Å². The van der Waals surface area contributed by atoms with Crippen molar-refractivity contribution < 1.29 is 27.5 Å². The summed E-state index contributed by atoms with van der Waals surface area (Å²) >= 11 is 0. The first-order valence-electron chi connectivity index (χ1n) is 8.95. The SMILES string of the molecule is COC(=O)c1[nH]ncc1NC(=O)c1cc(S(=O)(=O)Nc2ccc(OC)cc2)ccc1C. The molecule has 0 fully saturated rings. The quantitative estimate of drug-likeness (QED) is 0.476. The van der Waals surface area contributed by atoms with E-state index in [4.69, 9.17) is 4.74 Å². The number of sulfonamides is 1. The molecule has 1 aromatic heterocycles. The van der Waals surface area contributed by atoms with Crippen molar-refractivity contribution in [3.8, 4) is 5.75 Å². The van der Waals surface area contributed by atoms with E-state index in [1.54, 1.807) is 31.2 Å². The predicted molar refractivity (Wildman–Crippen MR) is 113 cm³/mol. The molecule has 0 aliphatic rings. The van der Waals surface area contributed by atoms with E-state index in [2.05, 4.69) is 25.0 Å².